The van der Waals surface area contributed by atoms with E-state index in [-0.39, 0.29) is 35.2 Å². The highest BCUT2D eigenvalue weighted by Gasteiger charge is 2.24. The average molecular weight is 338 g/mol. The van der Waals surface area contributed by atoms with Gasteiger partial charge in [0.05, 0.1) is 0 Å². The molecule has 2 rings (SSSR count). The summed E-state index contributed by atoms with van der Waals surface area (Å²) < 4.78 is 29.9. The largest absolute Gasteiger partial charge is 0.438 e. The number of carbonyl (C=O) groups excluding carboxylic acids is 1. The molecule has 7 nitrogen and oxygen atoms in total. The zero-order chi connectivity index (χ0) is 14.8. The molecular weight excluding hydrogens is 318 g/mol. The Bertz CT molecular complexity index is 579. The van der Waals surface area contributed by atoms with Gasteiger partial charge in [-0.1, -0.05) is 0 Å². The van der Waals surface area contributed by atoms with Gasteiger partial charge in [0, 0.05) is 26.7 Å². The number of hydrogen-bond acceptors (Lipinski definition) is 5. The highest BCUT2D eigenvalue weighted by atomic mass is 35.5. The minimum atomic E-state index is -3.65. The number of halogens is 1. The van der Waals surface area contributed by atoms with Gasteiger partial charge in [0.2, 0.25) is 5.09 Å². The molecular formula is C12H20ClN3O4S. The Kier molecular flexibility index (Phi) is 6.21. The Hall–Kier alpha value is -1.09. The molecule has 1 amide bonds. The predicted octanol–water partition coefficient (Wildman–Crippen LogP) is 0.434. The quantitative estimate of drug-likeness (QED) is 0.831. The predicted molar refractivity (Wildman–Crippen MR) is 80.2 cm³/mol. The van der Waals surface area contributed by atoms with Crippen molar-refractivity contribution in [3.63, 3.8) is 0 Å². The second-order valence-electron chi connectivity index (χ2n) is 4.92. The molecule has 1 aliphatic heterocycles. The van der Waals surface area contributed by atoms with Crippen LogP contribution in [0.5, 0.6) is 0 Å². The van der Waals surface area contributed by atoms with Gasteiger partial charge in [-0.25, -0.2) is 12.7 Å². The first-order valence-corrected chi connectivity index (χ1v) is 7.89. The second kappa shape index (κ2) is 7.26. The van der Waals surface area contributed by atoms with Crippen LogP contribution in [0.15, 0.2) is 21.6 Å². The van der Waals surface area contributed by atoms with E-state index in [0.717, 1.165) is 30.2 Å². The molecule has 21 heavy (non-hydrogen) atoms. The lowest BCUT2D eigenvalue weighted by Crippen LogP contribution is -2.45. The van der Waals surface area contributed by atoms with Crippen molar-refractivity contribution in [1.29, 1.82) is 0 Å². The zero-order valence-corrected chi connectivity index (χ0v) is 13.6. The van der Waals surface area contributed by atoms with E-state index in [9.17, 15) is 13.2 Å². The maximum absolute atomic E-state index is 12.0. The number of piperidine rings is 1. The van der Waals surface area contributed by atoms with Crippen LogP contribution in [0, 0.1) is 0 Å². The molecule has 0 unspecified atom stereocenters. The van der Waals surface area contributed by atoms with Crippen LogP contribution in [0.4, 0.5) is 0 Å². The van der Waals surface area contributed by atoms with Crippen LogP contribution in [0.1, 0.15) is 23.4 Å². The third-order valence-corrected chi connectivity index (χ3v) is 4.86. The smallest absolute Gasteiger partial charge is 0.287 e. The molecule has 1 aliphatic rings. The highest BCUT2D eigenvalue weighted by molar-refractivity contribution is 7.88. The highest BCUT2D eigenvalue weighted by Crippen LogP contribution is 2.17. The first-order valence-electron chi connectivity index (χ1n) is 6.45. The maximum Gasteiger partial charge on any atom is 0.287 e. The summed E-state index contributed by atoms with van der Waals surface area (Å²) in [4.78, 5) is 12.0. The van der Waals surface area contributed by atoms with Gasteiger partial charge < -0.3 is 15.1 Å². The summed E-state index contributed by atoms with van der Waals surface area (Å²) in [5.41, 5.74) is 0. The molecule has 1 aromatic rings. The standard InChI is InChI=1S/C12H19N3O4S.ClH/c1-15(2)20(17,18)11-6-5-10(19-11)12(16)14-9-4-3-7-13-8-9;/h5-6,9,13H,3-4,7-8H2,1-2H3,(H,14,16);1H/t9-;/m0./s1. The van der Waals surface area contributed by atoms with E-state index < -0.39 is 10.0 Å². The normalized spacial score (nSPS) is 19.1. The number of carbonyl (C=O) groups is 1. The molecule has 1 fully saturated rings. The number of hydrogen-bond donors (Lipinski definition) is 2. The van der Waals surface area contributed by atoms with Gasteiger partial charge in [-0.2, -0.15) is 0 Å². The first kappa shape index (κ1) is 18.0. The summed E-state index contributed by atoms with van der Waals surface area (Å²) in [7, 11) is -0.832. The molecule has 1 saturated heterocycles. The van der Waals surface area contributed by atoms with Crippen molar-refractivity contribution in [2.24, 2.45) is 0 Å². The zero-order valence-electron chi connectivity index (χ0n) is 12.0. The van der Waals surface area contributed by atoms with Gasteiger partial charge in [0.1, 0.15) is 0 Å². The minimum Gasteiger partial charge on any atom is -0.438 e. The van der Waals surface area contributed by atoms with Crippen molar-refractivity contribution in [2.45, 2.75) is 24.0 Å². The maximum atomic E-state index is 12.0. The average Bonchev–Trinajstić information content (AvgIpc) is 2.90. The molecule has 0 bridgehead atoms. The molecule has 120 valence electrons. The van der Waals surface area contributed by atoms with Crippen molar-refractivity contribution in [1.82, 2.24) is 14.9 Å². The lowest BCUT2D eigenvalue weighted by molar-refractivity contribution is 0.0897. The summed E-state index contributed by atoms with van der Waals surface area (Å²) in [6.45, 7) is 1.67. The number of sulfonamides is 1. The monoisotopic (exact) mass is 337 g/mol. The molecule has 9 heteroatoms. The van der Waals surface area contributed by atoms with E-state index in [2.05, 4.69) is 10.6 Å². The summed E-state index contributed by atoms with van der Waals surface area (Å²) in [6.07, 6.45) is 1.91. The lowest BCUT2D eigenvalue weighted by atomic mass is 10.1. The summed E-state index contributed by atoms with van der Waals surface area (Å²) >= 11 is 0. The minimum absolute atomic E-state index is 0. The van der Waals surface area contributed by atoms with Crippen molar-refractivity contribution in [2.75, 3.05) is 27.2 Å². The Morgan fingerprint density at radius 2 is 2.14 bits per heavy atom. The fraction of sp³-hybridized carbons (Fsp3) is 0.583. The van der Waals surface area contributed by atoms with Crippen LogP contribution >= 0.6 is 12.4 Å². The molecule has 1 aromatic heterocycles. The van der Waals surface area contributed by atoms with Gasteiger partial charge in [-0.3, -0.25) is 4.79 Å². The van der Waals surface area contributed by atoms with Gasteiger partial charge in [0.25, 0.3) is 15.9 Å². The number of rotatable bonds is 4. The molecule has 2 heterocycles. The Labute approximate surface area is 130 Å². The van der Waals surface area contributed by atoms with Gasteiger partial charge in [-0.15, -0.1) is 12.4 Å². The lowest BCUT2D eigenvalue weighted by Gasteiger charge is -2.23. The van der Waals surface area contributed by atoms with Crippen LogP contribution < -0.4 is 10.6 Å². The number of furan rings is 1. The van der Waals surface area contributed by atoms with Gasteiger partial charge in [-0.05, 0) is 31.5 Å². The van der Waals surface area contributed by atoms with Crippen molar-refractivity contribution in [3.05, 3.63) is 17.9 Å². The van der Waals surface area contributed by atoms with Crippen LogP contribution in [-0.4, -0.2) is 51.9 Å². The first-order chi connectivity index (χ1) is 9.41. The fourth-order valence-electron chi connectivity index (χ4n) is 1.99. The number of amides is 1. The van der Waals surface area contributed by atoms with Crippen molar-refractivity contribution in [3.8, 4) is 0 Å². The number of nitrogens with one attached hydrogen (secondary N) is 2. The molecule has 0 saturated carbocycles. The summed E-state index contributed by atoms with van der Waals surface area (Å²) in [5.74, 6) is -0.380. The van der Waals surface area contributed by atoms with E-state index in [4.69, 9.17) is 4.42 Å². The molecule has 0 aromatic carbocycles. The molecule has 2 N–H and O–H groups in total. The van der Waals surface area contributed by atoms with E-state index in [1.807, 2.05) is 0 Å². The summed E-state index contributed by atoms with van der Waals surface area (Å²) in [5, 5.41) is 5.79. The van der Waals surface area contributed by atoms with Gasteiger partial charge >= 0.3 is 0 Å². The fourth-order valence-corrected chi connectivity index (χ4v) is 2.79. The molecule has 0 spiro atoms. The number of nitrogens with zero attached hydrogens (tertiary/aromatic N) is 1. The van der Waals surface area contributed by atoms with Crippen molar-refractivity contribution < 1.29 is 17.6 Å². The van der Waals surface area contributed by atoms with E-state index >= 15 is 0 Å². The van der Waals surface area contributed by atoms with E-state index in [1.54, 1.807) is 0 Å². The SMILES string of the molecule is CN(C)S(=O)(=O)c1ccc(C(=O)N[C@H]2CCCNC2)o1.Cl. The third-order valence-electron chi connectivity index (χ3n) is 3.17. The van der Waals surface area contributed by atoms with Gasteiger partial charge in [0.15, 0.2) is 5.76 Å². The summed E-state index contributed by atoms with van der Waals surface area (Å²) in [6, 6.07) is 2.72. The molecule has 0 radical (unpaired) electrons. The van der Waals surface area contributed by atoms with Crippen LogP contribution in [0.25, 0.3) is 0 Å². The molecule has 1 atom stereocenters. The van der Waals surface area contributed by atoms with Crippen LogP contribution in [0.2, 0.25) is 0 Å². The van der Waals surface area contributed by atoms with E-state index in [0.29, 0.717) is 0 Å². The third kappa shape index (κ3) is 4.19. The molecule has 0 aliphatic carbocycles. The topological polar surface area (TPSA) is 91.7 Å². The second-order valence-corrected chi connectivity index (χ2v) is 7.01. The Morgan fingerprint density at radius 1 is 1.43 bits per heavy atom. The Morgan fingerprint density at radius 3 is 2.71 bits per heavy atom. The Balaban J connectivity index is 0.00000220. The van der Waals surface area contributed by atoms with E-state index in [1.165, 1.54) is 26.2 Å². The van der Waals surface area contributed by atoms with Crippen LogP contribution in [0.3, 0.4) is 0 Å². The van der Waals surface area contributed by atoms with Crippen molar-refractivity contribution >= 4 is 28.3 Å². The van der Waals surface area contributed by atoms with Crippen LogP contribution in [-0.2, 0) is 10.0 Å².